The van der Waals surface area contributed by atoms with E-state index in [1.807, 2.05) is 0 Å². The third-order valence-electron chi connectivity index (χ3n) is 1.90. The summed E-state index contributed by atoms with van der Waals surface area (Å²) in [5.41, 5.74) is -3.08. The van der Waals surface area contributed by atoms with E-state index in [2.05, 4.69) is 0 Å². The number of carbonyl (C=O) groups is 2. The van der Waals surface area contributed by atoms with E-state index in [0.29, 0.717) is 6.08 Å². The van der Waals surface area contributed by atoms with Crippen LogP contribution in [0.3, 0.4) is 0 Å². The Balaban J connectivity index is 3.39. The first-order chi connectivity index (χ1) is 6.28. The van der Waals surface area contributed by atoms with E-state index in [-0.39, 0.29) is 0 Å². The minimum atomic E-state index is -2.38. The van der Waals surface area contributed by atoms with Gasteiger partial charge in [-0.15, -0.1) is 0 Å². The molecule has 6 nitrogen and oxygen atoms in total. The first-order valence-corrected chi connectivity index (χ1v) is 3.63. The summed E-state index contributed by atoms with van der Waals surface area (Å²) in [5.74, 6) is -4.56. The number of aliphatic hydroxyl groups is 3. The molecule has 0 amide bonds. The SMILES string of the molecule is CC1(O)C(=O)C(O)=CC(C(=O)O)=C1O. The van der Waals surface area contributed by atoms with Crippen LogP contribution in [0.15, 0.2) is 23.2 Å². The largest absolute Gasteiger partial charge is 0.508 e. The van der Waals surface area contributed by atoms with E-state index in [1.165, 1.54) is 0 Å². The van der Waals surface area contributed by atoms with Crippen LogP contribution in [0.4, 0.5) is 0 Å². The van der Waals surface area contributed by atoms with E-state index in [0.717, 1.165) is 6.92 Å². The second-order valence-corrected chi connectivity index (χ2v) is 3.00. The predicted octanol–water partition coefficient (Wildman–Crippen LogP) is -0.341. The third-order valence-corrected chi connectivity index (χ3v) is 1.90. The van der Waals surface area contributed by atoms with Crippen molar-refractivity contribution in [3.8, 4) is 0 Å². The average molecular weight is 200 g/mol. The Bertz CT molecular complexity index is 373. The van der Waals surface area contributed by atoms with Crippen molar-refractivity contribution in [1.29, 1.82) is 0 Å². The average Bonchev–Trinajstić information content (AvgIpc) is 2.08. The summed E-state index contributed by atoms with van der Waals surface area (Å²) in [6.45, 7) is 0.900. The molecule has 0 bridgehead atoms. The van der Waals surface area contributed by atoms with Crippen molar-refractivity contribution in [3.05, 3.63) is 23.2 Å². The summed E-state index contributed by atoms with van der Waals surface area (Å²) in [6, 6.07) is 0. The van der Waals surface area contributed by atoms with Gasteiger partial charge in [0.15, 0.2) is 11.4 Å². The number of carboxylic acids is 1. The third kappa shape index (κ3) is 1.25. The van der Waals surface area contributed by atoms with Crippen molar-refractivity contribution in [1.82, 2.24) is 0 Å². The lowest BCUT2D eigenvalue weighted by Crippen LogP contribution is -2.42. The highest BCUT2D eigenvalue weighted by Gasteiger charge is 2.43. The topological polar surface area (TPSA) is 115 Å². The molecule has 0 saturated carbocycles. The van der Waals surface area contributed by atoms with Gasteiger partial charge in [0.25, 0.3) is 0 Å². The standard InChI is InChI=1S/C8H8O6/c1-8(14)5(10)3(7(12)13)2-4(9)6(8)11/h2,9-10,14H,1H3,(H,12,13). The molecular formula is C8H8O6. The first-order valence-electron chi connectivity index (χ1n) is 3.63. The number of hydrogen-bond donors (Lipinski definition) is 4. The summed E-state index contributed by atoms with van der Waals surface area (Å²) >= 11 is 0. The quantitative estimate of drug-likeness (QED) is 0.460. The highest BCUT2D eigenvalue weighted by atomic mass is 16.4. The maximum Gasteiger partial charge on any atom is 0.339 e. The lowest BCUT2D eigenvalue weighted by atomic mass is 9.88. The van der Waals surface area contributed by atoms with Gasteiger partial charge in [-0.25, -0.2) is 4.79 Å². The van der Waals surface area contributed by atoms with Crippen molar-refractivity contribution < 1.29 is 30.0 Å². The number of rotatable bonds is 1. The number of aliphatic hydroxyl groups excluding tert-OH is 2. The van der Waals surface area contributed by atoms with Gasteiger partial charge in [0.1, 0.15) is 11.3 Å². The molecule has 14 heavy (non-hydrogen) atoms. The Hall–Kier alpha value is -1.82. The van der Waals surface area contributed by atoms with E-state index in [4.69, 9.17) is 10.2 Å². The van der Waals surface area contributed by atoms with Crippen LogP contribution in [0.25, 0.3) is 0 Å². The van der Waals surface area contributed by atoms with Crippen molar-refractivity contribution in [2.75, 3.05) is 0 Å². The van der Waals surface area contributed by atoms with Crippen molar-refractivity contribution >= 4 is 11.8 Å². The van der Waals surface area contributed by atoms with Gasteiger partial charge in [0, 0.05) is 6.08 Å². The van der Waals surface area contributed by atoms with Gasteiger partial charge in [-0.1, -0.05) is 0 Å². The summed E-state index contributed by atoms with van der Waals surface area (Å²) < 4.78 is 0. The van der Waals surface area contributed by atoms with Gasteiger partial charge in [-0.05, 0) is 6.92 Å². The molecule has 76 valence electrons. The molecule has 1 rings (SSSR count). The fourth-order valence-electron chi connectivity index (χ4n) is 1.05. The summed E-state index contributed by atoms with van der Waals surface area (Å²) in [7, 11) is 0. The second-order valence-electron chi connectivity index (χ2n) is 3.00. The predicted molar refractivity (Wildman–Crippen MR) is 43.6 cm³/mol. The summed E-state index contributed by atoms with van der Waals surface area (Å²) in [5, 5.41) is 36.1. The zero-order valence-corrected chi connectivity index (χ0v) is 7.18. The van der Waals surface area contributed by atoms with E-state index >= 15 is 0 Å². The molecule has 0 aliphatic heterocycles. The molecule has 1 unspecified atom stereocenters. The Kier molecular flexibility index (Phi) is 2.09. The van der Waals surface area contributed by atoms with Crippen LogP contribution in [0.5, 0.6) is 0 Å². The van der Waals surface area contributed by atoms with E-state index in [9.17, 15) is 19.8 Å². The van der Waals surface area contributed by atoms with Crippen molar-refractivity contribution in [2.24, 2.45) is 0 Å². The molecule has 0 aromatic rings. The fourth-order valence-corrected chi connectivity index (χ4v) is 1.05. The van der Waals surface area contributed by atoms with Crippen molar-refractivity contribution in [3.63, 3.8) is 0 Å². The Morgan fingerprint density at radius 2 is 1.93 bits per heavy atom. The monoisotopic (exact) mass is 200 g/mol. The molecule has 4 N–H and O–H groups in total. The van der Waals surface area contributed by atoms with Gasteiger partial charge in [-0.3, -0.25) is 4.79 Å². The fraction of sp³-hybridized carbons (Fsp3) is 0.250. The van der Waals surface area contributed by atoms with Gasteiger partial charge in [-0.2, -0.15) is 0 Å². The van der Waals surface area contributed by atoms with Crippen LogP contribution in [0.1, 0.15) is 6.92 Å². The zero-order chi connectivity index (χ0) is 11.1. The number of hydrogen-bond acceptors (Lipinski definition) is 5. The molecule has 0 saturated heterocycles. The minimum absolute atomic E-state index is 0.595. The normalized spacial score (nSPS) is 27.6. The maximum atomic E-state index is 11.1. The number of carboxylic acid groups (broad SMARTS) is 1. The number of carbonyl (C=O) groups excluding carboxylic acids is 1. The highest BCUT2D eigenvalue weighted by Crippen LogP contribution is 2.27. The van der Waals surface area contributed by atoms with Crippen LogP contribution in [-0.2, 0) is 9.59 Å². The Morgan fingerprint density at radius 1 is 1.43 bits per heavy atom. The van der Waals surface area contributed by atoms with Crippen LogP contribution < -0.4 is 0 Å². The molecule has 0 aromatic heterocycles. The molecule has 1 atom stereocenters. The highest BCUT2D eigenvalue weighted by molar-refractivity contribution is 6.07. The van der Waals surface area contributed by atoms with Crippen LogP contribution in [0.2, 0.25) is 0 Å². The maximum absolute atomic E-state index is 11.1. The number of ketones is 1. The molecule has 0 spiro atoms. The molecule has 0 heterocycles. The molecular weight excluding hydrogens is 192 g/mol. The van der Waals surface area contributed by atoms with Gasteiger partial charge in [0.2, 0.25) is 5.78 Å². The van der Waals surface area contributed by atoms with E-state index in [1.54, 1.807) is 0 Å². The zero-order valence-electron chi connectivity index (χ0n) is 7.18. The molecule has 1 aliphatic carbocycles. The number of Topliss-reactive ketones (excluding diaryl/α,β-unsaturated/α-hetero) is 1. The Labute approximate surface area is 78.4 Å². The van der Waals surface area contributed by atoms with Gasteiger partial charge in [0.05, 0.1) is 0 Å². The van der Waals surface area contributed by atoms with Crippen LogP contribution in [0, 0.1) is 0 Å². The molecule has 1 aliphatic rings. The lowest BCUT2D eigenvalue weighted by molar-refractivity contribution is -0.136. The molecule has 0 fully saturated rings. The second kappa shape index (κ2) is 2.85. The summed E-state index contributed by atoms with van der Waals surface area (Å²) in [6.07, 6.45) is 0.595. The van der Waals surface area contributed by atoms with E-state index < -0.39 is 34.4 Å². The molecule has 6 heteroatoms. The molecule has 0 radical (unpaired) electrons. The van der Waals surface area contributed by atoms with Gasteiger partial charge < -0.3 is 20.4 Å². The van der Waals surface area contributed by atoms with Crippen molar-refractivity contribution in [2.45, 2.75) is 12.5 Å². The summed E-state index contributed by atoms with van der Waals surface area (Å²) in [4.78, 5) is 21.6. The minimum Gasteiger partial charge on any atom is -0.508 e. The lowest BCUT2D eigenvalue weighted by Gasteiger charge is -2.24. The smallest absolute Gasteiger partial charge is 0.339 e. The molecule has 0 aromatic carbocycles. The number of aliphatic carboxylic acids is 1. The van der Waals surface area contributed by atoms with Crippen LogP contribution in [-0.4, -0.2) is 37.8 Å². The van der Waals surface area contributed by atoms with Crippen LogP contribution >= 0.6 is 0 Å². The van der Waals surface area contributed by atoms with Gasteiger partial charge >= 0.3 is 5.97 Å². The first kappa shape index (κ1) is 10.3. The Morgan fingerprint density at radius 3 is 2.36 bits per heavy atom.